The van der Waals surface area contributed by atoms with E-state index < -0.39 is 6.10 Å². The van der Waals surface area contributed by atoms with Crippen molar-refractivity contribution < 1.29 is 28.6 Å². The van der Waals surface area contributed by atoms with Gasteiger partial charge in [-0.25, -0.2) is 0 Å². The molecule has 66 heavy (non-hydrogen) atoms. The second kappa shape index (κ2) is 54.2. The summed E-state index contributed by atoms with van der Waals surface area (Å²) in [5.41, 5.74) is 0. The van der Waals surface area contributed by atoms with E-state index in [1.807, 2.05) is 0 Å². The molecule has 0 spiro atoms. The van der Waals surface area contributed by atoms with Gasteiger partial charge < -0.3 is 14.2 Å². The highest BCUT2D eigenvalue weighted by molar-refractivity contribution is 5.71. The monoisotopic (exact) mass is 919 g/mol. The number of ether oxygens (including phenoxy) is 3. The normalized spacial score (nSPS) is 12.7. The van der Waals surface area contributed by atoms with Gasteiger partial charge in [0.05, 0.1) is 0 Å². The second-order valence-electron chi connectivity index (χ2n) is 18.1. The van der Waals surface area contributed by atoms with Crippen LogP contribution in [0.3, 0.4) is 0 Å². The third-order valence-corrected chi connectivity index (χ3v) is 11.6. The largest absolute Gasteiger partial charge is 0.462 e. The van der Waals surface area contributed by atoms with Crippen molar-refractivity contribution >= 4 is 17.9 Å². The summed E-state index contributed by atoms with van der Waals surface area (Å²) in [5, 5.41) is 0. The summed E-state index contributed by atoms with van der Waals surface area (Å²) in [7, 11) is 0. The van der Waals surface area contributed by atoms with Crippen molar-refractivity contribution in [3.63, 3.8) is 0 Å². The number of carbonyl (C=O) groups excluding carboxylic acids is 3. The molecular formula is C60H102O6. The zero-order valence-corrected chi connectivity index (χ0v) is 43.2. The first-order valence-electron chi connectivity index (χ1n) is 27.6. The molecule has 0 saturated carbocycles. The van der Waals surface area contributed by atoms with Gasteiger partial charge in [0.25, 0.3) is 0 Å². The average molecular weight is 919 g/mol. The predicted octanol–water partition coefficient (Wildman–Crippen LogP) is 18.4. The molecule has 0 aromatic rings. The first kappa shape index (κ1) is 62.6. The number of unbranched alkanes of at least 4 members (excludes halogenated alkanes) is 24. The lowest BCUT2D eigenvalue weighted by Gasteiger charge is -2.18. The molecule has 1 atom stereocenters. The minimum Gasteiger partial charge on any atom is -0.462 e. The lowest BCUT2D eigenvalue weighted by Crippen LogP contribution is -2.30. The zero-order valence-electron chi connectivity index (χ0n) is 43.2. The van der Waals surface area contributed by atoms with E-state index in [2.05, 4.69) is 106 Å². The summed E-state index contributed by atoms with van der Waals surface area (Å²) in [6, 6.07) is 0. The van der Waals surface area contributed by atoms with Crippen LogP contribution in [0, 0.1) is 0 Å². The minimum absolute atomic E-state index is 0.103. The van der Waals surface area contributed by atoms with E-state index in [-0.39, 0.29) is 37.5 Å². The fourth-order valence-electron chi connectivity index (χ4n) is 7.47. The summed E-state index contributed by atoms with van der Waals surface area (Å²) >= 11 is 0. The van der Waals surface area contributed by atoms with Crippen molar-refractivity contribution in [3.05, 3.63) is 85.1 Å². The molecule has 0 heterocycles. The van der Waals surface area contributed by atoms with Crippen molar-refractivity contribution in [1.82, 2.24) is 0 Å². The number of hydrogen-bond donors (Lipinski definition) is 0. The van der Waals surface area contributed by atoms with Crippen LogP contribution in [0.15, 0.2) is 85.1 Å². The van der Waals surface area contributed by atoms with Crippen LogP contribution in [0.2, 0.25) is 0 Å². The van der Waals surface area contributed by atoms with Gasteiger partial charge in [-0.3, -0.25) is 14.4 Å². The molecule has 378 valence electrons. The van der Waals surface area contributed by atoms with Crippen LogP contribution < -0.4 is 0 Å². The molecule has 6 heteroatoms. The Balaban J connectivity index is 4.38. The van der Waals surface area contributed by atoms with Gasteiger partial charge in [0.1, 0.15) is 13.2 Å². The number of hydrogen-bond acceptors (Lipinski definition) is 6. The van der Waals surface area contributed by atoms with Crippen LogP contribution in [0.1, 0.15) is 258 Å². The number of carbonyl (C=O) groups is 3. The Kier molecular flexibility index (Phi) is 51.4. The predicted molar refractivity (Wildman–Crippen MR) is 284 cm³/mol. The van der Waals surface area contributed by atoms with Gasteiger partial charge in [-0.15, -0.1) is 0 Å². The maximum absolute atomic E-state index is 12.8. The molecule has 0 fully saturated rings. The smallest absolute Gasteiger partial charge is 0.306 e. The van der Waals surface area contributed by atoms with E-state index in [1.165, 1.54) is 116 Å². The van der Waals surface area contributed by atoms with E-state index in [0.717, 1.165) is 96.3 Å². The molecular weight excluding hydrogens is 817 g/mol. The Labute approximate surface area is 407 Å². The van der Waals surface area contributed by atoms with Gasteiger partial charge in [-0.1, -0.05) is 221 Å². The van der Waals surface area contributed by atoms with Crippen LogP contribution in [0.25, 0.3) is 0 Å². The third kappa shape index (κ3) is 51.6. The molecule has 0 bridgehead atoms. The molecule has 0 aliphatic rings. The fraction of sp³-hybridized carbons (Fsp3) is 0.717. The number of rotatable bonds is 49. The average Bonchev–Trinajstić information content (AvgIpc) is 3.31. The van der Waals surface area contributed by atoms with Crippen LogP contribution >= 0.6 is 0 Å². The molecule has 6 nitrogen and oxygen atoms in total. The Morgan fingerprint density at radius 3 is 1.05 bits per heavy atom. The molecule has 0 rings (SSSR count). The first-order chi connectivity index (χ1) is 32.5. The molecule has 1 unspecified atom stereocenters. The van der Waals surface area contributed by atoms with Crippen molar-refractivity contribution in [2.75, 3.05) is 13.2 Å². The quantitative estimate of drug-likeness (QED) is 0.0262. The highest BCUT2D eigenvalue weighted by atomic mass is 16.6. The Morgan fingerprint density at radius 2 is 0.636 bits per heavy atom. The van der Waals surface area contributed by atoms with E-state index in [9.17, 15) is 14.4 Å². The number of esters is 3. The Hall–Kier alpha value is -3.41. The van der Waals surface area contributed by atoms with Crippen LogP contribution in [-0.4, -0.2) is 37.2 Å². The Morgan fingerprint density at radius 1 is 0.318 bits per heavy atom. The van der Waals surface area contributed by atoms with Crippen molar-refractivity contribution in [1.29, 1.82) is 0 Å². The lowest BCUT2D eigenvalue weighted by molar-refractivity contribution is -0.167. The van der Waals surface area contributed by atoms with E-state index in [4.69, 9.17) is 14.2 Å². The summed E-state index contributed by atoms with van der Waals surface area (Å²) in [4.78, 5) is 38.0. The first-order valence-corrected chi connectivity index (χ1v) is 27.6. The minimum atomic E-state index is -0.810. The van der Waals surface area contributed by atoms with E-state index in [1.54, 1.807) is 0 Å². The van der Waals surface area contributed by atoms with Gasteiger partial charge in [-0.2, -0.15) is 0 Å². The lowest BCUT2D eigenvalue weighted by atomic mass is 10.1. The van der Waals surface area contributed by atoms with Gasteiger partial charge in [0.2, 0.25) is 0 Å². The molecule has 0 amide bonds. The van der Waals surface area contributed by atoms with E-state index >= 15 is 0 Å². The summed E-state index contributed by atoms with van der Waals surface area (Å²) in [5.74, 6) is -0.973. The topological polar surface area (TPSA) is 78.9 Å². The van der Waals surface area contributed by atoms with Crippen molar-refractivity contribution in [2.24, 2.45) is 0 Å². The van der Waals surface area contributed by atoms with Crippen LogP contribution in [0.5, 0.6) is 0 Å². The van der Waals surface area contributed by atoms with Crippen molar-refractivity contribution in [3.8, 4) is 0 Å². The van der Waals surface area contributed by atoms with Crippen LogP contribution in [-0.2, 0) is 28.6 Å². The number of allylic oxidation sites excluding steroid dienone is 14. The summed E-state index contributed by atoms with van der Waals surface area (Å²) in [6.45, 7) is 6.41. The van der Waals surface area contributed by atoms with Crippen molar-refractivity contribution in [2.45, 2.75) is 264 Å². The molecule has 0 N–H and O–H groups in total. The molecule has 0 saturated heterocycles. The molecule has 0 aromatic heterocycles. The molecule has 0 radical (unpaired) electrons. The molecule has 0 aromatic carbocycles. The third-order valence-electron chi connectivity index (χ3n) is 11.6. The molecule has 0 aliphatic carbocycles. The summed E-state index contributed by atoms with van der Waals surface area (Å²) < 4.78 is 16.7. The zero-order chi connectivity index (χ0) is 47.9. The highest BCUT2D eigenvalue weighted by Gasteiger charge is 2.19. The van der Waals surface area contributed by atoms with E-state index in [0.29, 0.717) is 19.3 Å². The van der Waals surface area contributed by atoms with Gasteiger partial charge >= 0.3 is 17.9 Å². The second-order valence-corrected chi connectivity index (χ2v) is 18.1. The SMILES string of the molecule is CC/C=C\C/C=C\C/C=C\C/C=C\C/C=C\CCCC(=O)OC(COC(=O)CCCCCCC/C=C\CCC)COC(=O)CCCCCCCCCCC/C=C\CCCCCCCCCC. The molecule has 0 aliphatic heterocycles. The van der Waals surface area contributed by atoms with Gasteiger partial charge in [-0.05, 0) is 103 Å². The fourth-order valence-corrected chi connectivity index (χ4v) is 7.47. The van der Waals surface area contributed by atoms with Gasteiger partial charge in [0, 0.05) is 19.3 Å². The standard InChI is InChI=1S/C60H102O6/c1-4-7-10-13-16-19-22-24-26-28-29-30-31-33-34-36-38-41-44-47-50-53-59(62)65-56-57(55-64-58(61)52-49-46-43-40-21-18-15-12-9-6-3)66-60(63)54-51-48-45-42-39-37-35-32-27-25-23-20-17-14-11-8-5-2/h8,11-12,15,17,20,25,27-29,35,37,42,45,57H,4-7,9-10,13-14,16,18-19,21-24,26,30-34,36,38-41,43-44,46-56H2,1-3H3/b11-8-,15-12-,20-17-,27-25-,29-28-,37-35-,45-42-. The van der Waals surface area contributed by atoms with Gasteiger partial charge in [0.15, 0.2) is 6.10 Å². The van der Waals surface area contributed by atoms with Crippen LogP contribution in [0.4, 0.5) is 0 Å². The summed E-state index contributed by atoms with van der Waals surface area (Å²) in [6.07, 6.45) is 70.2. The maximum atomic E-state index is 12.8. The Bertz CT molecular complexity index is 1290. The highest BCUT2D eigenvalue weighted by Crippen LogP contribution is 2.14. The maximum Gasteiger partial charge on any atom is 0.306 e.